The molecule has 2 rings (SSSR count). The van der Waals surface area contributed by atoms with Gasteiger partial charge in [0.1, 0.15) is 0 Å². The first-order valence-corrected chi connectivity index (χ1v) is 7.49. The minimum Gasteiger partial charge on any atom is -0.466 e. The lowest BCUT2D eigenvalue weighted by Crippen LogP contribution is -2.35. The average Bonchev–Trinajstić information content (AvgIpc) is 2.61. The fourth-order valence-electron chi connectivity index (χ4n) is 2.25. The summed E-state index contributed by atoms with van der Waals surface area (Å²) in [5, 5.41) is 1.89. The second kappa shape index (κ2) is 8.03. The normalized spacial score (nSPS) is 11.4. The summed E-state index contributed by atoms with van der Waals surface area (Å²) in [6, 6.07) is 19.9. The maximum Gasteiger partial charge on any atom is 0.335 e. The van der Waals surface area contributed by atoms with Crippen LogP contribution in [0.2, 0.25) is 0 Å². The second-order valence-corrected chi connectivity index (χ2v) is 5.26. The van der Waals surface area contributed by atoms with E-state index in [1.807, 2.05) is 72.7 Å². The molecule has 0 saturated carbocycles. The van der Waals surface area contributed by atoms with Crippen molar-refractivity contribution in [3.8, 4) is 0 Å². The highest BCUT2D eigenvalue weighted by molar-refractivity contribution is 5.88. The van der Waals surface area contributed by atoms with E-state index in [0.717, 1.165) is 16.9 Å². The van der Waals surface area contributed by atoms with Crippen LogP contribution in [-0.4, -0.2) is 20.1 Å². The fraction of sp³-hybridized carbons (Fsp3) is 0.211. The molecule has 0 aromatic heterocycles. The molecular formula is C19H22N2O2. The molecule has 1 N–H and O–H groups in total. The number of methoxy groups -OCH3 is 1. The van der Waals surface area contributed by atoms with E-state index in [1.54, 1.807) is 6.92 Å². The number of anilines is 1. The second-order valence-electron chi connectivity index (χ2n) is 5.26. The Kier molecular flexibility index (Phi) is 5.80. The van der Waals surface area contributed by atoms with Crippen LogP contribution in [-0.2, 0) is 16.0 Å². The molecule has 0 heterocycles. The first-order valence-electron chi connectivity index (χ1n) is 7.49. The molecule has 0 unspecified atom stereocenters. The molecule has 0 bridgehead atoms. The summed E-state index contributed by atoms with van der Waals surface area (Å²) in [7, 11) is 3.32. The van der Waals surface area contributed by atoms with Crippen LogP contribution in [0.25, 0.3) is 0 Å². The molecule has 0 atom stereocenters. The molecule has 0 fully saturated rings. The number of rotatable bonds is 6. The molecule has 23 heavy (non-hydrogen) atoms. The lowest BCUT2D eigenvalue weighted by atomic mass is 10.1. The lowest BCUT2D eigenvalue weighted by Gasteiger charge is -2.25. The number of nitrogens with zero attached hydrogens (tertiary/aromatic N) is 1. The van der Waals surface area contributed by atoms with E-state index in [2.05, 4.69) is 5.43 Å². The number of ether oxygens (including phenoxy) is 1. The van der Waals surface area contributed by atoms with Gasteiger partial charge in [0, 0.05) is 19.2 Å². The third-order valence-corrected chi connectivity index (χ3v) is 3.61. The summed E-state index contributed by atoms with van der Waals surface area (Å²) in [5.74, 6) is -0.329. The largest absolute Gasteiger partial charge is 0.466 e. The predicted octanol–water partition coefficient (Wildman–Crippen LogP) is 3.32. The van der Waals surface area contributed by atoms with Gasteiger partial charge in [-0.05, 0) is 24.6 Å². The van der Waals surface area contributed by atoms with Crippen LogP contribution < -0.4 is 10.4 Å². The Balaban J connectivity index is 2.25. The molecule has 0 spiro atoms. The summed E-state index contributed by atoms with van der Waals surface area (Å²) in [5.41, 5.74) is 6.83. The van der Waals surface area contributed by atoms with Crippen molar-refractivity contribution in [1.82, 2.24) is 5.43 Å². The van der Waals surface area contributed by atoms with Crippen LogP contribution in [0, 0.1) is 0 Å². The average molecular weight is 310 g/mol. The Bertz CT molecular complexity index is 666. The van der Waals surface area contributed by atoms with Gasteiger partial charge in [-0.1, -0.05) is 48.5 Å². The molecule has 0 aliphatic rings. The van der Waals surface area contributed by atoms with Crippen molar-refractivity contribution >= 4 is 11.7 Å². The number of para-hydroxylation sites is 1. The van der Waals surface area contributed by atoms with Gasteiger partial charge in [-0.15, -0.1) is 0 Å². The molecule has 120 valence electrons. The summed E-state index contributed by atoms with van der Waals surface area (Å²) in [4.78, 5) is 11.9. The zero-order chi connectivity index (χ0) is 16.7. The van der Waals surface area contributed by atoms with E-state index in [4.69, 9.17) is 4.74 Å². The minimum absolute atomic E-state index is 0.329. The summed E-state index contributed by atoms with van der Waals surface area (Å²) >= 11 is 0. The maximum atomic E-state index is 11.9. The van der Waals surface area contributed by atoms with Gasteiger partial charge in [-0.3, -0.25) is 5.01 Å². The number of esters is 1. The lowest BCUT2D eigenvalue weighted by molar-refractivity contribution is -0.136. The summed E-state index contributed by atoms with van der Waals surface area (Å²) in [6.07, 6.45) is 0.624. The van der Waals surface area contributed by atoms with Gasteiger partial charge in [0.05, 0.1) is 18.4 Å². The molecule has 4 heteroatoms. The Morgan fingerprint density at radius 3 is 2.17 bits per heavy atom. The molecule has 2 aromatic carbocycles. The Morgan fingerprint density at radius 2 is 1.61 bits per heavy atom. The zero-order valence-electron chi connectivity index (χ0n) is 13.7. The van der Waals surface area contributed by atoms with Gasteiger partial charge < -0.3 is 10.2 Å². The monoisotopic (exact) mass is 310 g/mol. The topological polar surface area (TPSA) is 41.6 Å². The summed E-state index contributed by atoms with van der Waals surface area (Å²) in [6.45, 7) is 1.77. The molecule has 2 aromatic rings. The quantitative estimate of drug-likeness (QED) is 0.505. The number of benzene rings is 2. The SMILES string of the molecule is COC(=O)/C(C)=C(\Cc1ccccc1)NN(C)c1ccccc1. The first-order chi connectivity index (χ1) is 11.1. The van der Waals surface area contributed by atoms with Gasteiger partial charge in [0.25, 0.3) is 0 Å². The van der Waals surface area contributed by atoms with E-state index in [0.29, 0.717) is 12.0 Å². The smallest absolute Gasteiger partial charge is 0.335 e. The van der Waals surface area contributed by atoms with Crippen LogP contribution in [0.1, 0.15) is 12.5 Å². The Hall–Kier alpha value is -2.75. The third kappa shape index (κ3) is 4.61. The predicted molar refractivity (Wildman–Crippen MR) is 92.8 cm³/mol. The molecule has 0 amide bonds. The Morgan fingerprint density at radius 1 is 1.04 bits per heavy atom. The number of hydrazine groups is 1. The fourth-order valence-corrected chi connectivity index (χ4v) is 2.25. The van der Waals surface area contributed by atoms with Gasteiger partial charge in [0.15, 0.2) is 0 Å². The third-order valence-electron chi connectivity index (χ3n) is 3.61. The van der Waals surface area contributed by atoms with Crippen LogP contribution in [0.15, 0.2) is 71.9 Å². The Labute approximate surface area is 137 Å². The van der Waals surface area contributed by atoms with Crippen LogP contribution >= 0.6 is 0 Å². The van der Waals surface area contributed by atoms with Crippen molar-refractivity contribution < 1.29 is 9.53 Å². The van der Waals surface area contributed by atoms with E-state index in [1.165, 1.54) is 7.11 Å². The number of allylic oxidation sites excluding steroid dienone is 1. The van der Waals surface area contributed by atoms with E-state index < -0.39 is 0 Å². The molecule has 0 saturated heterocycles. The van der Waals surface area contributed by atoms with Gasteiger partial charge in [0.2, 0.25) is 0 Å². The van der Waals surface area contributed by atoms with Gasteiger partial charge >= 0.3 is 5.97 Å². The van der Waals surface area contributed by atoms with Crippen molar-refractivity contribution in [1.29, 1.82) is 0 Å². The van der Waals surface area contributed by atoms with E-state index in [9.17, 15) is 4.79 Å². The van der Waals surface area contributed by atoms with Gasteiger partial charge in [-0.25, -0.2) is 4.79 Å². The van der Waals surface area contributed by atoms with Crippen molar-refractivity contribution in [2.45, 2.75) is 13.3 Å². The zero-order valence-corrected chi connectivity index (χ0v) is 13.7. The number of hydrogen-bond donors (Lipinski definition) is 1. The number of carbonyl (C=O) groups is 1. The standard InChI is InChI=1S/C19H22N2O2/c1-15(19(22)23-3)18(14-16-10-6-4-7-11-16)20-21(2)17-12-8-5-9-13-17/h4-13,20H,14H2,1-3H3/b18-15+. The number of carbonyl (C=O) groups excluding carboxylic acids is 1. The highest BCUT2D eigenvalue weighted by Crippen LogP contribution is 2.15. The highest BCUT2D eigenvalue weighted by atomic mass is 16.5. The van der Waals surface area contributed by atoms with Crippen LogP contribution in [0.3, 0.4) is 0 Å². The molecule has 0 aliphatic heterocycles. The highest BCUT2D eigenvalue weighted by Gasteiger charge is 2.13. The molecule has 0 radical (unpaired) electrons. The van der Waals surface area contributed by atoms with E-state index in [-0.39, 0.29) is 5.97 Å². The maximum absolute atomic E-state index is 11.9. The van der Waals surface area contributed by atoms with Crippen molar-refractivity contribution in [3.05, 3.63) is 77.5 Å². The van der Waals surface area contributed by atoms with Crippen molar-refractivity contribution in [3.63, 3.8) is 0 Å². The van der Waals surface area contributed by atoms with Crippen LogP contribution in [0.5, 0.6) is 0 Å². The molecular weight excluding hydrogens is 288 g/mol. The first kappa shape index (κ1) is 16.6. The van der Waals surface area contributed by atoms with Crippen molar-refractivity contribution in [2.24, 2.45) is 0 Å². The number of nitrogens with one attached hydrogen (secondary N) is 1. The molecule has 4 nitrogen and oxygen atoms in total. The summed E-state index contributed by atoms with van der Waals surface area (Å²) < 4.78 is 4.86. The molecule has 0 aliphatic carbocycles. The number of hydrogen-bond acceptors (Lipinski definition) is 4. The van der Waals surface area contributed by atoms with Crippen LogP contribution in [0.4, 0.5) is 5.69 Å². The van der Waals surface area contributed by atoms with Gasteiger partial charge in [-0.2, -0.15) is 0 Å². The minimum atomic E-state index is -0.329. The van der Waals surface area contributed by atoms with Crippen molar-refractivity contribution in [2.75, 3.05) is 19.2 Å². The van der Waals surface area contributed by atoms with E-state index >= 15 is 0 Å².